The van der Waals surface area contributed by atoms with E-state index in [9.17, 15) is 9.90 Å². The van der Waals surface area contributed by atoms with E-state index >= 15 is 0 Å². The van der Waals surface area contributed by atoms with Gasteiger partial charge in [-0.25, -0.2) is 4.79 Å². The Bertz CT molecular complexity index is 643. The Balaban J connectivity index is 2.18. The number of aryl methyl sites for hydroxylation is 3. The molecule has 1 aromatic carbocycles. The zero-order valence-corrected chi connectivity index (χ0v) is 13.4. The van der Waals surface area contributed by atoms with Crippen molar-refractivity contribution in [3.05, 3.63) is 50.7 Å². The van der Waals surface area contributed by atoms with Crippen LogP contribution in [0, 0.1) is 13.8 Å². The second kappa shape index (κ2) is 6.76. The number of carboxylic acid groups (broad SMARTS) is 1. The molecule has 0 aliphatic rings. The SMILES string of the molecule is CCCc1cc(OCc2cc(C)ccc2C)c(C(=O)O)s1. The van der Waals surface area contributed by atoms with E-state index < -0.39 is 5.97 Å². The largest absolute Gasteiger partial charge is 0.487 e. The average Bonchev–Trinajstić information content (AvgIpc) is 2.83. The zero-order valence-electron chi connectivity index (χ0n) is 12.6. The highest BCUT2D eigenvalue weighted by atomic mass is 32.1. The first-order chi connectivity index (χ1) is 10.0. The van der Waals surface area contributed by atoms with Crippen LogP contribution in [-0.2, 0) is 13.0 Å². The summed E-state index contributed by atoms with van der Waals surface area (Å²) in [4.78, 5) is 12.7. The summed E-state index contributed by atoms with van der Waals surface area (Å²) in [6.45, 7) is 6.55. The number of carboxylic acids is 1. The third-order valence-corrected chi connectivity index (χ3v) is 4.49. The van der Waals surface area contributed by atoms with Crippen LogP contribution < -0.4 is 4.74 Å². The molecule has 2 rings (SSSR count). The summed E-state index contributed by atoms with van der Waals surface area (Å²) in [7, 11) is 0. The predicted molar refractivity (Wildman–Crippen MR) is 85.5 cm³/mol. The minimum atomic E-state index is -0.918. The third-order valence-electron chi connectivity index (χ3n) is 3.33. The first-order valence-corrected chi connectivity index (χ1v) is 7.87. The number of hydrogen-bond acceptors (Lipinski definition) is 3. The average molecular weight is 304 g/mol. The standard InChI is InChI=1S/C17H20O3S/c1-4-5-14-9-15(16(21-14)17(18)19)20-10-13-8-11(2)6-7-12(13)3/h6-9H,4-5,10H2,1-3H3,(H,18,19). The quantitative estimate of drug-likeness (QED) is 0.848. The van der Waals surface area contributed by atoms with Crippen LogP contribution in [0.1, 0.15) is 44.6 Å². The molecule has 1 heterocycles. The van der Waals surface area contributed by atoms with Crippen LogP contribution in [-0.4, -0.2) is 11.1 Å². The highest BCUT2D eigenvalue weighted by molar-refractivity contribution is 7.14. The van der Waals surface area contributed by atoms with E-state index in [0.29, 0.717) is 17.2 Å². The van der Waals surface area contributed by atoms with Gasteiger partial charge in [-0.15, -0.1) is 11.3 Å². The predicted octanol–water partition coefficient (Wildman–Crippen LogP) is 4.59. The maximum absolute atomic E-state index is 11.3. The van der Waals surface area contributed by atoms with Crippen molar-refractivity contribution in [1.82, 2.24) is 0 Å². The van der Waals surface area contributed by atoms with E-state index in [0.717, 1.165) is 28.8 Å². The molecule has 0 atom stereocenters. The van der Waals surface area contributed by atoms with Crippen LogP contribution in [0.15, 0.2) is 24.3 Å². The molecule has 4 heteroatoms. The van der Waals surface area contributed by atoms with Crippen molar-refractivity contribution >= 4 is 17.3 Å². The van der Waals surface area contributed by atoms with Gasteiger partial charge in [0.1, 0.15) is 12.4 Å². The number of ether oxygens (including phenoxy) is 1. The second-order valence-corrected chi connectivity index (χ2v) is 6.32. The maximum Gasteiger partial charge on any atom is 0.349 e. The Morgan fingerprint density at radius 1 is 1.29 bits per heavy atom. The Kier molecular flexibility index (Phi) is 5.02. The Hall–Kier alpha value is -1.81. The van der Waals surface area contributed by atoms with Crippen LogP contribution in [0.2, 0.25) is 0 Å². The molecule has 0 unspecified atom stereocenters. The van der Waals surface area contributed by atoms with Gasteiger partial charge < -0.3 is 9.84 Å². The van der Waals surface area contributed by atoms with Gasteiger partial charge in [0.25, 0.3) is 0 Å². The summed E-state index contributed by atoms with van der Waals surface area (Å²) in [5, 5.41) is 9.27. The molecule has 0 aliphatic carbocycles. The fourth-order valence-corrected chi connectivity index (χ4v) is 3.20. The molecule has 1 aromatic heterocycles. The summed E-state index contributed by atoms with van der Waals surface area (Å²) in [5.41, 5.74) is 3.42. The van der Waals surface area contributed by atoms with E-state index in [1.165, 1.54) is 16.9 Å². The molecule has 3 nitrogen and oxygen atoms in total. The van der Waals surface area contributed by atoms with Crippen LogP contribution in [0.25, 0.3) is 0 Å². The number of rotatable bonds is 6. The van der Waals surface area contributed by atoms with E-state index in [4.69, 9.17) is 4.74 Å². The molecule has 21 heavy (non-hydrogen) atoms. The molecule has 0 saturated heterocycles. The smallest absolute Gasteiger partial charge is 0.349 e. The van der Waals surface area contributed by atoms with Crippen LogP contribution >= 0.6 is 11.3 Å². The minimum Gasteiger partial charge on any atom is -0.487 e. The molecule has 0 bridgehead atoms. The van der Waals surface area contributed by atoms with Gasteiger partial charge in [0.05, 0.1) is 0 Å². The lowest BCUT2D eigenvalue weighted by molar-refractivity contribution is 0.0697. The van der Waals surface area contributed by atoms with Gasteiger partial charge >= 0.3 is 5.97 Å². The summed E-state index contributed by atoms with van der Waals surface area (Å²) in [6.07, 6.45) is 1.88. The molecule has 0 fully saturated rings. The highest BCUT2D eigenvalue weighted by Crippen LogP contribution is 2.31. The highest BCUT2D eigenvalue weighted by Gasteiger charge is 2.16. The first kappa shape index (κ1) is 15.6. The van der Waals surface area contributed by atoms with Crippen molar-refractivity contribution in [3.8, 4) is 5.75 Å². The van der Waals surface area contributed by atoms with Gasteiger partial charge in [0.15, 0.2) is 4.88 Å². The Labute approximate surface area is 129 Å². The number of thiophene rings is 1. The lowest BCUT2D eigenvalue weighted by atomic mass is 10.1. The first-order valence-electron chi connectivity index (χ1n) is 7.06. The van der Waals surface area contributed by atoms with Gasteiger partial charge in [-0.3, -0.25) is 0 Å². The maximum atomic E-state index is 11.3. The molecule has 2 aromatic rings. The zero-order chi connectivity index (χ0) is 15.4. The Morgan fingerprint density at radius 2 is 2.05 bits per heavy atom. The molecule has 0 radical (unpaired) electrons. The molecule has 112 valence electrons. The molecular weight excluding hydrogens is 284 g/mol. The van der Waals surface area contributed by atoms with Gasteiger partial charge in [-0.05, 0) is 37.5 Å². The van der Waals surface area contributed by atoms with Crippen LogP contribution in [0.5, 0.6) is 5.75 Å². The summed E-state index contributed by atoms with van der Waals surface area (Å²) in [5.74, 6) is -0.435. The van der Waals surface area contributed by atoms with E-state index in [-0.39, 0.29) is 0 Å². The van der Waals surface area contributed by atoms with Gasteiger partial charge in [0.2, 0.25) is 0 Å². The Morgan fingerprint density at radius 3 is 2.71 bits per heavy atom. The number of benzene rings is 1. The molecule has 0 aliphatic heterocycles. The molecule has 0 saturated carbocycles. The van der Waals surface area contributed by atoms with Gasteiger partial charge in [0, 0.05) is 4.88 Å². The minimum absolute atomic E-state index is 0.295. The van der Waals surface area contributed by atoms with E-state index in [1.807, 2.05) is 19.9 Å². The summed E-state index contributed by atoms with van der Waals surface area (Å²) < 4.78 is 5.78. The number of hydrogen-bond donors (Lipinski definition) is 1. The summed E-state index contributed by atoms with van der Waals surface area (Å²) >= 11 is 1.31. The lowest BCUT2D eigenvalue weighted by Crippen LogP contribution is -2.01. The molecule has 0 spiro atoms. The lowest BCUT2D eigenvalue weighted by Gasteiger charge is -2.09. The van der Waals surface area contributed by atoms with E-state index in [1.54, 1.807) is 0 Å². The number of aromatic carboxylic acids is 1. The van der Waals surface area contributed by atoms with Crippen molar-refractivity contribution in [3.63, 3.8) is 0 Å². The monoisotopic (exact) mass is 304 g/mol. The normalized spacial score (nSPS) is 10.6. The third kappa shape index (κ3) is 3.85. The van der Waals surface area contributed by atoms with E-state index in [2.05, 4.69) is 25.1 Å². The van der Waals surface area contributed by atoms with Crippen LogP contribution in [0.3, 0.4) is 0 Å². The topological polar surface area (TPSA) is 46.5 Å². The van der Waals surface area contributed by atoms with Gasteiger partial charge in [-0.2, -0.15) is 0 Å². The fourth-order valence-electron chi connectivity index (χ4n) is 2.16. The van der Waals surface area contributed by atoms with Crippen molar-refractivity contribution in [2.45, 2.75) is 40.2 Å². The summed E-state index contributed by atoms with van der Waals surface area (Å²) in [6, 6.07) is 8.06. The van der Waals surface area contributed by atoms with Crippen molar-refractivity contribution in [1.29, 1.82) is 0 Å². The van der Waals surface area contributed by atoms with Crippen molar-refractivity contribution in [2.24, 2.45) is 0 Å². The van der Waals surface area contributed by atoms with Crippen molar-refractivity contribution in [2.75, 3.05) is 0 Å². The molecular formula is C17H20O3S. The molecule has 0 amide bonds. The van der Waals surface area contributed by atoms with Crippen molar-refractivity contribution < 1.29 is 14.6 Å². The molecule has 1 N–H and O–H groups in total. The van der Waals surface area contributed by atoms with Crippen LogP contribution in [0.4, 0.5) is 0 Å². The second-order valence-electron chi connectivity index (χ2n) is 5.18. The fraction of sp³-hybridized carbons (Fsp3) is 0.353. The van der Waals surface area contributed by atoms with Gasteiger partial charge in [-0.1, -0.05) is 37.1 Å². The number of carbonyl (C=O) groups is 1.